The first kappa shape index (κ1) is 11.3. The van der Waals surface area contributed by atoms with Crippen LogP contribution in [0.25, 0.3) is 0 Å². The van der Waals surface area contributed by atoms with Gasteiger partial charge in [0.2, 0.25) is 0 Å². The van der Waals surface area contributed by atoms with E-state index in [1.807, 2.05) is 6.07 Å². The molecule has 0 saturated heterocycles. The molecule has 3 nitrogen and oxygen atoms in total. The van der Waals surface area contributed by atoms with Crippen LogP contribution in [0.3, 0.4) is 0 Å². The van der Waals surface area contributed by atoms with E-state index in [-0.39, 0.29) is 6.04 Å². The second kappa shape index (κ2) is 4.34. The zero-order valence-electron chi connectivity index (χ0n) is 10.1. The number of methoxy groups -OCH3 is 2. The first-order valence-electron chi connectivity index (χ1n) is 5.64. The summed E-state index contributed by atoms with van der Waals surface area (Å²) in [6.45, 7) is 2.07. The van der Waals surface area contributed by atoms with Crippen LogP contribution >= 0.6 is 0 Å². The Kier molecular flexibility index (Phi) is 3.06. The van der Waals surface area contributed by atoms with E-state index in [0.717, 1.165) is 11.5 Å². The van der Waals surface area contributed by atoms with Gasteiger partial charge in [-0.25, -0.2) is 0 Å². The van der Waals surface area contributed by atoms with E-state index in [1.165, 1.54) is 12.0 Å². The highest BCUT2D eigenvalue weighted by molar-refractivity contribution is 5.42. The Labute approximate surface area is 96.5 Å². The van der Waals surface area contributed by atoms with E-state index in [2.05, 4.69) is 19.1 Å². The molecule has 3 heteroatoms. The smallest absolute Gasteiger partial charge is 0.122 e. The summed E-state index contributed by atoms with van der Waals surface area (Å²) in [7, 11) is 3.35. The molecule has 0 heterocycles. The number of ether oxygens (including phenoxy) is 2. The Morgan fingerprint density at radius 1 is 1.19 bits per heavy atom. The van der Waals surface area contributed by atoms with Gasteiger partial charge in [0.15, 0.2) is 0 Å². The molecule has 16 heavy (non-hydrogen) atoms. The van der Waals surface area contributed by atoms with Crippen molar-refractivity contribution in [1.82, 2.24) is 0 Å². The second-order valence-corrected chi connectivity index (χ2v) is 4.51. The average molecular weight is 221 g/mol. The maximum Gasteiger partial charge on any atom is 0.122 e. The van der Waals surface area contributed by atoms with Crippen molar-refractivity contribution in [3.05, 3.63) is 23.8 Å². The summed E-state index contributed by atoms with van der Waals surface area (Å²) in [6.07, 6.45) is 1.17. The molecule has 1 fully saturated rings. The van der Waals surface area contributed by atoms with Gasteiger partial charge in [0, 0.05) is 12.1 Å². The minimum absolute atomic E-state index is 0.266. The molecule has 1 aliphatic carbocycles. The van der Waals surface area contributed by atoms with E-state index in [9.17, 15) is 0 Å². The fraction of sp³-hybridized carbons (Fsp3) is 0.538. The molecule has 2 rings (SSSR count). The van der Waals surface area contributed by atoms with Crippen LogP contribution in [-0.4, -0.2) is 20.3 Å². The molecular formula is C13H19NO2. The van der Waals surface area contributed by atoms with Crippen LogP contribution < -0.4 is 15.2 Å². The van der Waals surface area contributed by atoms with Crippen molar-refractivity contribution in [2.24, 2.45) is 11.7 Å². The van der Waals surface area contributed by atoms with Gasteiger partial charge in [0.25, 0.3) is 0 Å². The van der Waals surface area contributed by atoms with E-state index < -0.39 is 0 Å². The van der Waals surface area contributed by atoms with Crippen molar-refractivity contribution in [2.45, 2.75) is 25.3 Å². The summed E-state index contributed by atoms with van der Waals surface area (Å²) >= 11 is 0. The highest BCUT2D eigenvalue weighted by Gasteiger charge is 2.41. The lowest BCUT2D eigenvalue weighted by Crippen LogP contribution is -2.17. The van der Waals surface area contributed by atoms with Crippen molar-refractivity contribution in [3.63, 3.8) is 0 Å². The van der Waals surface area contributed by atoms with E-state index in [4.69, 9.17) is 15.2 Å². The van der Waals surface area contributed by atoms with Crippen LogP contribution in [0.2, 0.25) is 0 Å². The molecule has 3 atom stereocenters. The summed E-state index contributed by atoms with van der Waals surface area (Å²) in [5.41, 5.74) is 7.18. The van der Waals surface area contributed by atoms with Gasteiger partial charge in [-0.3, -0.25) is 0 Å². The van der Waals surface area contributed by atoms with Gasteiger partial charge in [-0.1, -0.05) is 0 Å². The lowest BCUT2D eigenvalue weighted by Gasteiger charge is -2.09. The van der Waals surface area contributed by atoms with Gasteiger partial charge >= 0.3 is 0 Å². The van der Waals surface area contributed by atoms with Crippen LogP contribution in [0.1, 0.15) is 24.8 Å². The largest absolute Gasteiger partial charge is 0.497 e. The topological polar surface area (TPSA) is 44.5 Å². The Morgan fingerprint density at radius 2 is 1.75 bits per heavy atom. The predicted molar refractivity (Wildman–Crippen MR) is 64.0 cm³/mol. The lowest BCUT2D eigenvalue weighted by atomic mass is 10.1. The molecule has 0 spiro atoms. The fourth-order valence-electron chi connectivity index (χ4n) is 2.22. The summed E-state index contributed by atoms with van der Waals surface area (Å²) in [5, 5.41) is 0. The molecule has 0 unspecified atom stereocenters. The zero-order valence-corrected chi connectivity index (χ0v) is 10.1. The minimum atomic E-state index is 0.266. The molecule has 1 aliphatic rings. The maximum atomic E-state index is 5.90. The van der Waals surface area contributed by atoms with Crippen molar-refractivity contribution in [1.29, 1.82) is 0 Å². The molecule has 1 saturated carbocycles. The van der Waals surface area contributed by atoms with Crippen molar-refractivity contribution in [3.8, 4) is 11.5 Å². The van der Waals surface area contributed by atoms with Crippen LogP contribution in [0.4, 0.5) is 0 Å². The van der Waals surface area contributed by atoms with E-state index in [1.54, 1.807) is 14.2 Å². The third kappa shape index (κ3) is 2.14. The van der Waals surface area contributed by atoms with Gasteiger partial charge in [0.05, 0.1) is 14.2 Å². The maximum absolute atomic E-state index is 5.90. The zero-order chi connectivity index (χ0) is 11.7. The molecular weight excluding hydrogens is 202 g/mol. The first-order chi connectivity index (χ1) is 7.65. The summed E-state index contributed by atoms with van der Waals surface area (Å²) < 4.78 is 10.5. The normalized spacial score (nSPS) is 25.0. The SMILES string of the molecule is COc1cc(OC)cc([C@H]2C[C@@H]2[C@@H](C)N)c1. The highest BCUT2D eigenvalue weighted by atomic mass is 16.5. The third-order valence-electron chi connectivity index (χ3n) is 3.32. The number of rotatable bonds is 4. The quantitative estimate of drug-likeness (QED) is 0.847. The molecule has 2 N–H and O–H groups in total. The number of benzene rings is 1. The van der Waals surface area contributed by atoms with Crippen LogP contribution in [0.5, 0.6) is 11.5 Å². The molecule has 0 bridgehead atoms. The van der Waals surface area contributed by atoms with Crippen molar-refractivity contribution < 1.29 is 9.47 Å². The number of nitrogens with two attached hydrogens (primary N) is 1. The molecule has 0 aromatic heterocycles. The Morgan fingerprint density at radius 3 is 2.12 bits per heavy atom. The van der Waals surface area contributed by atoms with Crippen LogP contribution in [0, 0.1) is 5.92 Å². The van der Waals surface area contributed by atoms with Gasteiger partial charge in [0.1, 0.15) is 11.5 Å². The standard InChI is InChI=1S/C13H19NO2/c1-8(14)12-7-13(12)9-4-10(15-2)6-11(5-9)16-3/h4-6,8,12-13H,7,14H2,1-3H3/t8-,12-,13-/m1/s1. The van der Waals surface area contributed by atoms with Crippen molar-refractivity contribution in [2.75, 3.05) is 14.2 Å². The van der Waals surface area contributed by atoms with E-state index in [0.29, 0.717) is 11.8 Å². The second-order valence-electron chi connectivity index (χ2n) is 4.51. The summed E-state index contributed by atoms with van der Waals surface area (Å²) in [6, 6.07) is 6.32. The molecule has 88 valence electrons. The summed E-state index contributed by atoms with van der Waals surface area (Å²) in [4.78, 5) is 0. The Balaban J connectivity index is 2.21. The monoisotopic (exact) mass is 221 g/mol. The molecule has 1 aromatic carbocycles. The van der Waals surface area contributed by atoms with Crippen LogP contribution in [-0.2, 0) is 0 Å². The van der Waals surface area contributed by atoms with Gasteiger partial charge in [-0.05, 0) is 42.9 Å². The van der Waals surface area contributed by atoms with Gasteiger partial charge in [-0.15, -0.1) is 0 Å². The first-order valence-corrected chi connectivity index (χ1v) is 5.64. The molecule has 0 amide bonds. The molecule has 0 aliphatic heterocycles. The fourth-order valence-corrected chi connectivity index (χ4v) is 2.22. The molecule has 1 aromatic rings. The van der Waals surface area contributed by atoms with Gasteiger partial charge in [-0.2, -0.15) is 0 Å². The number of hydrogen-bond donors (Lipinski definition) is 1. The van der Waals surface area contributed by atoms with Crippen molar-refractivity contribution >= 4 is 0 Å². The Bertz CT molecular complexity index is 354. The number of hydrogen-bond acceptors (Lipinski definition) is 3. The lowest BCUT2D eigenvalue weighted by molar-refractivity contribution is 0.393. The average Bonchev–Trinajstić information content (AvgIpc) is 3.08. The predicted octanol–water partition coefficient (Wildman–Crippen LogP) is 2.15. The minimum Gasteiger partial charge on any atom is -0.497 e. The van der Waals surface area contributed by atoms with Gasteiger partial charge < -0.3 is 15.2 Å². The summed E-state index contributed by atoms with van der Waals surface area (Å²) in [5.74, 6) is 2.88. The molecule has 0 radical (unpaired) electrons. The van der Waals surface area contributed by atoms with Crippen LogP contribution in [0.15, 0.2) is 18.2 Å². The highest BCUT2D eigenvalue weighted by Crippen LogP contribution is 2.50. The third-order valence-corrected chi connectivity index (χ3v) is 3.32. The van der Waals surface area contributed by atoms with E-state index >= 15 is 0 Å². The Hall–Kier alpha value is -1.22.